The number of carbonyl (C=O) groups excluding carboxylic acids is 1. The van der Waals surface area contributed by atoms with Crippen LogP contribution in [0.1, 0.15) is 47.0 Å². The Labute approximate surface area is 106 Å². The fraction of sp³-hybridized carbons (Fsp3) is 0.929. The summed E-state index contributed by atoms with van der Waals surface area (Å²) in [6, 6.07) is 0.400. The highest BCUT2D eigenvalue weighted by Crippen LogP contribution is 2.33. The molecule has 1 rings (SSSR count). The summed E-state index contributed by atoms with van der Waals surface area (Å²) in [5.74, 6) is 1.71. The van der Waals surface area contributed by atoms with Crippen LogP contribution in [0.4, 0.5) is 0 Å². The van der Waals surface area contributed by atoms with Crippen molar-refractivity contribution in [3.8, 4) is 0 Å². The Morgan fingerprint density at radius 2 is 2.06 bits per heavy atom. The lowest BCUT2D eigenvalue weighted by atomic mass is 9.93. The van der Waals surface area contributed by atoms with Crippen LogP contribution in [-0.2, 0) is 4.79 Å². The maximum atomic E-state index is 12.0. The van der Waals surface area contributed by atoms with Crippen molar-refractivity contribution in [2.24, 2.45) is 17.8 Å². The molecule has 0 radical (unpaired) electrons. The highest BCUT2D eigenvalue weighted by Gasteiger charge is 2.32. The number of carbonyl (C=O) groups is 1. The van der Waals surface area contributed by atoms with Crippen molar-refractivity contribution in [3.63, 3.8) is 0 Å². The molecule has 0 aromatic rings. The summed E-state index contributed by atoms with van der Waals surface area (Å²) < 4.78 is 0. The van der Waals surface area contributed by atoms with Gasteiger partial charge in [0.15, 0.2) is 0 Å². The highest BCUT2D eigenvalue weighted by molar-refractivity contribution is 5.78. The zero-order chi connectivity index (χ0) is 12.8. The summed E-state index contributed by atoms with van der Waals surface area (Å²) in [4.78, 5) is 12.0. The Balaban J connectivity index is 2.36. The zero-order valence-electron chi connectivity index (χ0n) is 11.8. The molecule has 2 N–H and O–H groups in total. The molecular weight excluding hydrogens is 212 g/mol. The quantitative estimate of drug-likeness (QED) is 0.747. The van der Waals surface area contributed by atoms with E-state index < -0.39 is 0 Å². The minimum Gasteiger partial charge on any atom is -0.353 e. The van der Waals surface area contributed by atoms with Crippen LogP contribution in [-0.4, -0.2) is 25.0 Å². The van der Waals surface area contributed by atoms with E-state index in [0.717, 1.165) is 25.4 Å². The lowest BCUT2D eigenvalue weighted by Gasteiger charge is -2.23. The van der Waals surface area contributed by atoms with E-state index in [1.165, 1.54) is 12.8 Å². The molecule has 0 heterocycles. The van der Waals surface area contributed by atoms with E-state index >= 15 is 0 Å². The maximum Gasteiger partial charge on any atom is 0.224 e. The van der Waals surface area contributed by atoms with E-state index in [1.807, 2.05) is 6.92 Å². The molecule has 1 amide bonds. The normalized spacial score (nSPS) is 30.2. The van der Waals surface area contributed by atoms with Gasteiger partial charge >= 0.3 is 0 Å². The molecular formula is C14H28N2O. The minimum atomic E-state index is 0.0721. The lowest BCUT2D eigenvalue weighted by Crippen LogP contribution is -2.42. The Hall–Kier alpha value is -0.570. The van der Waals surface area contributed by atoms with E-state index in [0.29, 0.717) is 12.0 Å². The summed E-state index contributed by atoms with van der Waals surface area (Å²) in [5, 5.41) is 6.45. The first-order valence-electron chi connectivity index (χ1n) is 7.11. The first-order chi connectivity index (χ1) is 8.10. The third-order valence-corrected chi connectivity index (χ3v) is 4.23. The molecule has 1 aliphatic carbocycles. The van der Waals surface area contributed by atoms with Gasteiger partial charge in [0.2, 0.25) is 5.91 Å². The highest BCUT2D eigenvalue weighted by atomic mass is 16.1. The fourth-order valence-electron chi connectivity index (χ4n) is 2.81. The van der Waals surface area contributed by atoms with E-state index in [9.17, 15) is 4.79 Å². The van der Waals surface area contributed by atoms with Crippen LogP contribution in [0.2, 0.25) is 0 Å². The van der Waals surface area contributed by atoms with Crippen LogP contribution in [0.15, 0.2) is 0 Å². The number of hydrogen-bond donors (Lipinski definition) is 2. The van der Waals surface area contributed by atoms with Crippen molar-refractivity contribution in [3.05, 3.63) is 0 Å². The maximum absolute atomic E-state index is 12.0. The second-order valence-corrected chi connectivity index (χ2v) is 5.43. The predicted molar refractivity (Wildman–Crippen MR) is 71.8 cm³/mol. The van der Waals surface area contributed by atoms with Gasteiger partial charge < -0.3 is 10.6 Å². The molecule has 0 aromatic heterocycles. The molecule has 4 unspecified atom stereocenters. The zero-order valence-corrected chi connectivity index (χ0v) is 11.8. The van der Waals surface area contributed by atoms with Crippen molar-refractivity contribution in [2.75, 3.05) is 13.1 Å². The van der Waals surface area contributed by atoms with Gasteiger partial charge in [-0.1, -0.05) is 34.1 Å². The largest absolute Gasteiger partial charge is 0.353 e. The molecule has 0 spiro atoms. The standard InChI is InChI=1S/C14H28N2O/c1-5-12-7-8-13(11(12)4)16-14(17)10(3)9-15-6-2/h10-13,15H,5-9H2,1-4H3,(H,16,17). The van der Waals surface area contributed by atoms with Gasteiger partial charge in [0.1, 0.15) is 0 Å². The molecule has 4 atom stereocenters. The molecule has 3 heteroatoms. The Morgan fingerprint density at radius 3 is 2.59 bits per heavy atom. The van der Waals surface area contributed by atoms with Crippen molar-refractivity contribution >= 4 is 5.91 Å². The van der Waals surface area contributed by atoms with Gasteiger partial charge in [0, 0.05) is 18.5 Å². The van der Waals surface area contributed by atoms with Gasteiger partial charge in [-0.25, -0.2) is 0 Å². The average Bonchev–Trinajstić information content (AvgIpc) is 2.67. The fourth-order valence-corrected chi connectivity index (χ4v) is 2.81. The summed E-state index contributed by atoms with van der Waals surface area (Å²) >= 11 is 0. The summed E-state index contributed by atoms with van der Waals surface area (Å²) in [7, 11) is 0. The molecule has 1 saturated carbocycles. The van der Waals surface area contributed by atoms with Gasteiger partial charge in [-0.3, -0.25) is 4.79 Å². The number of amides is 1. The number of nitrogens with one attached hydrogen (secondary N) is 2. The average molecular weight is 240 g/mol. The van der Waals surface area contributed by atoms with E-state index in [2.05, 4.69) is 31.4 Å². The summed E-state index contributed by atoms with van der Waals surface area (Å²) in [6.45, 7) is 10.3. The third-order valence-electron chi connectivity index (χ3n) is 4.23. The van der Waals surface area contributed by atoms with Gasteiger partial charge in [-0.2, -0.15) is 0 Å². The minimum absolute atomic E-state index is 0.0721. The van der Waals surface area contributed by atoms with E-state index in [-0.39, 0.29) is 11.8 Å². The lowest BCUT2D eigenvalue weighted by molar-refractivity contribution is -0.125. The smallest absolute Gasteiger partial charge is 0.224 e. The summed E-state index contributed by atoms with van der Waals surface area (Å²) in [5.41, 5.74) is 0. The Bertz CT molecular complexity index is 242. The predicted octanol–water partition coefficient (Wildman–Crippen LogP) is 2.17. The SMILES string of the molecule is CCNCC(C)C(=O)NC1CCC(CC)C1C. The van der Waals surface area contributed by atoms with Crippen molar-refractivity contribution in [2.45, 2.75) is 53.0 Å². The number of hydrogen-bond acceptors (Lipinski definition) is 2. The van der Waals surface area contributed by atoms with E-state index in [1.54, 1.807) is 0 Å². The van der Waals surface area contributed by atoms with Crippen LogP contribution >= 0.6 is 0 Å². The molecule has 17 heavy (non-hydrogen) atoms. The molecule has 3 nitrogen and oxygen atoms in total. The van der Waals surface area contributed by atoms with Gasteiger partial charge in [0.25, 0.3) is 0 Å². The first kappa shape index (κ1) is 14.5. The van der Waals surface area contributed by atoms with Crippen molar-refractivity contribution in [1.82, 2.24) is 10.6 Å². The molecule has 0 aliphatic heterocycles. The molecule has 100 valence electrons. The monoisotopic (exact) mass is 240 g/mol. The molecule has 1 fully saturated rings. The van der Waals surface area contributed by atoms with Crippen LogP contribution in [0, 0.1) is 17.8 Å². The van der Waals surface area contributed by atoms with Gasteiger partial charge in [0.05, 0.1) is 0 Å². The molecule has 0 aromatic carbocycles. The van der Waals surface area contributed by atoms with Crippen LogP contribution in [0.5, 0.6) is 0 Å². The third kappa shape index (κ3) is 3.98. The molecule has 1 aliphatic rings. The number of rotatable bonds is 6. The van der Waals surface area contributed by atoms with Gasteiger partial charge in [-0.05, 0) is 31.2 Å². The first-order valence-corrected chi connectivity index (χ1v) is 7.11. The molecule has 0 saturated heterocycles. The van der Waals surface area contributed by atoms with Crippen molar-refractivity contribution < 1.29 is 4.79 Å². The second-order valence-electron chi connectivity index (χ2n) is 5.43. The van der Waals surface area contributed by atoms with Crippen LogP contribution in [0.3, 0.4) is 0 Å². The van der Waals surface area contributed by atoms with Crippen molar-refractivity contribution in [1.29, 1.82) is 0 Å². The molecule has 0 bridgehead atoms. The second kappa shape index (κ2) is 7.00. The van der Waals surface area contributed by atoms with Crippen LogP contribution < -0.4 is 10.6 Å². The Morgan fingerprint density at radius 1 is 1.35 bits per heavy atom. The van der Waals surface area contributed by atoms with E-state index in [4.69, 9.17) is 0 Å². The topological polar surface area (TPSA) is 41.1 Å². The van der Waals surface area contributed by atoms with Gasteiger partial charge in [-0.15, -0.1) is 0 Å². The summed E-state index contributed by atoms with van der Waals surface area (Å²) in [6.07, 6.45) is 3.66. The van der Waals surface area contributed by atoms with Crippen LogP contribution in [0.25, 0.3) is 0 Å². The Kier molecular flexibility index (Phi) is 5.96.